The van der Waals surface area contributed by atoms with Gasteiger partial charge in [-0.2, -0.15) is 13.2 Å². The summed E-state index contributed by atoms with van der Waals surface area (Å²) >= 11 is 0. The Labute approximate surface area is 181 Å². The third-order valence-corrected chi connectivity index (χ3v) is 5.22. The second kappa shape index (κ2) is 11.4. The van der Waals surface area contributed by atoms with Crippen LogP contribution in [0.2, 0.25) is 0 Å². The predicted molar refractivity (Wildman–Crippen MR) is 114 cm³/mol. The molecule has 9 heteroatoms. The summed E-state index contributed by atoms with van der Waals surface area (Å²) in [5, 5.41) is 3.21. The summed E-state index contributed by atoms with van der Waals surface area (Å²) in [5.74, 6) is -0.500. The molecule has 0 amide bonds. The number of rotatable bonds is 10. The summed E-state index contributed by atoms with van der Waals surface area (Å²) in [6.07, 6.45) is 0.519. The van der Waals surface area contributed by atoms with Crippen LogP contribution in [0.25, 0.3) is 6.08 Å². The van der Waals surface area contributed by atoms with Crippen LogP contribution in [0, 0.1) is 5.82 Å². The third kappa shape index (κ3) is 7.75. The van der Waals surface area contributed by atoms with Crippen LogP contribution in [-0.2, 0) is 30.0 Å². The molecule has 0 bridgehead atoms. The highest BCUT2D eigenvalue weighted by atomic mass is 32.2. The average molecular weight is 459 g/mol. The fraction of sp³-hybridized carbons (Fsp3) is 0.364. The summed E-state index contributed by atoms with van der Waals surface area (Å²) in [4.78, 5) is 0. The number of alkyl halides is 3. The summed E-state index contributed by atoms with van der Waals surface area (Å²) < 4.78 is 76.3. The predicted octanol–water partition coefficient (Wildman–Crippen LogP) is 4.78. The quantitative estimate of drug-likeness (QED) is 0.355. The van der Waals surface area contributed by atoms with Gasteiger partial charge in [0.05, 0.1) is 5.56 Å². The lowest BCUT2D eigenvalue weighted by Gasteiger charge is -2.14. The Morgan fingerprint density at radius 1 is 1.10 bits per heavy atom. The van der Waals surface area contributed by atoms with Gasteiger partial charge in [-0.05, 0) is 48.2 Å². The third-order valence-electron chi connectivity index (χ3n) is 4.80. The first-order valence-corrected chi connectivity index (χ1v) is 11.1. The molecule has 1 atom stereocenters. The number of aryl methyl sites for hydroxylation is 1. The second-order valence-corrected chi connectivity index (χ2v) is 7.97. The van der Waals surface area contributed by atoms with Gasteiger partial charge >= 0.3 is 6.18 Å². The van der Waals surface area contributed by atoms with Crippen molar-refractivity contribution in [2.75, 3.05) is 6.54 Å². The van der Waals surface area contributed by atoms with Gasteiger partial charge in [0.25, 0.3) is 0 Å². The zero-order valence-corrected chi connectivity index (χ0v) is 18.2. The van der Waals surface area contributed by atoms with E-state index in [1.807, 2.05) is 19.9 Å². The molecular formula is C22H26F4N2O2S. The monoisotopic (exact) mass is 458 g/mol. The molecule has 0 saturated heterocycles. The SMILES string of the molecule is CCCc1cc(C(F)(F)F)ccc1C=CCNC(C)c1ccc(CN[SH](=O)=O)c(F)c1. The number of benzene rings is 2. The van der Waals surface area contributed by atoms with Crippen LogP contribution >= 0.6 is 0 Å². The highest BCUT2D eigenvalue weighted by molar-refractivity contribution is 7.70. The molecule has 0 heterocycles. The van der Waals surface area contributed by atoms with E-state index in [0.717, 1.165) is 18.1 Å². The molecule has 0 aliphatic carbocycles. The highest BCUT2D eigenvalue weighted by Gasteiger charge is 2.30. The zero-order valence-electron chi connectivity index (χ0n) is 17.3. The number of hydrogen-bond acceptors (Lipinski definition) is 3. The lowest BCUT2D eigenvalue weighted by Crippen LogP contribution is -2.19. The van der Waals surface area contributed by atoms with Crippen molar-refractivity contribution in [3.05, 3.63) is 76.1 Å². The smallest absolute Gasteiger partial charge is 0.307 e. The van der Waals surface area contributed by atoms with Gasteiger partial charge in [-0.15, -0.1) is 0 Å². The van der Waals surface area contributed by atoms with Crippen molar-refractivity contribution in [1.29, 1.82) is 0 Å². The van der Waals surface area contributed by atoms with Crippen LogP contribution < -0.4 is 10.0 Å². The van der Waals surface area contributed by atoms with Gasteiger partial charge < -0.3 is 5.32 Å². The van der Waals surface area contributed by atoms with Crippen LogP contribution in [0.1, 0.15) is 54.1 Å². The largest absolute Gasteiger partial charge is 0.416 e. The Hall–Kier alpha value is -2.23. The van der Waals surface area contributed by atoms with Crippen molar-refractivity contribution >= 4 is 17.0 Å². The highest BCUT2D eigenvalue weighted by Crippen LogP contribution is 2.31. The first kappa shape index (κ1) is 25.0. The van der Waals surface area contributed by atoms with Gasteiger partial charge in [-0.25, -0.2) is 17.5 Å². The van der Waals surface area contributed by atoms with E-state index in [1.54, 1.807) is 12.1 Å². The van der Waals surface area contributed by atoms with Crippen LogP contribution in [0.3, 0.4) is 0 Å². The molecule has 0 spiro atoms. The fourth-order valence-corrected chi connectivity index (χ4v) is 3.40. The molecular weight excluding hydrogens is 432 g/mol. The normalized spacial score (nSPS) is 13.3. The van der Waals surface area contributed by atoms with E-state index < -0.39 is 28.4 Å². The van der Waals surface area contributed by atoms with Gasteiger partial charge in [-0.3, -0.25) is 0 Å². The Balaban J connectivity index is 2.00. The summed E-state index contributed by atoms with van der Waals surface area (Å²) in [5.41, 5.74) is 1.68. The number of hydrogen-bond donors (Lipinski definition) is 3. The topological polar surface area (TPSA) is 58.2 Å². The van der Waals surface area contributed by atoms with E-state index >= 15 is 0 Å². The van der Waals surface area contributed by atoms with Crippen LogP contribution in [0.5, 0.6) is 0 Å². The van der Waals surface area contributed by atoms with Gasteiger partial charge in [0.2, 0.25) is 10.9 Å². The molecule has 2 aromatic carbocycles. The number of thiol groups is 1. The molecule has 0 saturated carbocycles. The minimum Gasteiger partial charge on any atom is -0.307 e. The van der Waals surface area contributed by atoms with E-state index in [-0.39, 0.29) is 18.2 Å². The standard InChI is InChI=1S/C22H26F4N2O2S/c1-3-5-18-12-20(22(24,25)26)10-9-16(18)6-4-11-27-15(2)17-7-8-19(21(23)13-17)14-28-31(29)30/h4,6-10,12-13,15,27,31H,3,5,11,14H2,1-2H3,(H,28,29,30). The second-order valence-electron chi connectivity index (χ2n) is 7.14. The summed E-state index contributed by atoms with van der Waals surface area (Å²) in [6.45, 7) is 4.10. The molecule has 2 rings (SSSR count). The molecule has 170 valence electrons. The summed E-state index contributed by atoms with van der Waals surface area (Å²) in [7, 11) is -2.79. The molecule has 0 fully saturated rings. The molecule has 1 unspecified atom stereocenters. The van der Waals surface area contributed by atoms with Gasteiger partial charge in [-0.1, -0.05) is 43.7 Å². The molecule has 0 radical (unpaired) electrons. The molecule has 2 N–H and O–H groups in total. The molecule has 4 nitrogen and oxygen atoms in total. The zero-order chi connectivity index (χ0) is 23.0. The van der Waals surface area contributed by atoms with Crippen molar-refractivity contribution in [2.24, 2.45) is 0 Å². The first-order chi connectivity index (χ1) is 14.6. The molecule has 0 aliphatic heterocycles. The van der Waals surface area contributed by atoms with Crippen molar-refractivity contribution in [3.63, 3.8) is 0 Å². The molecule has 31 heavy (non-hydrogen) atoms. The maximum absolute atomic E-state index is 14.1. The average Bonchev–Trinajstić information content (AvgIpc) is 2.70. The van der Waals surface area contributed by atoms with Crippen molar-refractivity contribution in [3.8, 4) is 0 Å². The maximum Gasteiger partial charge on any atom is 0.416 e. The lowest BCUT2D eigenvalue weighted by atomic mass is 9.99. The Morgan fingerprint density at radius 2 is 1.84 bits per heavy atom. The van der Waals surface area contributed by atoms with Crippen LogP contribution in [0.15, 0.2) is 42.5 Å². The van der Waals surface area contributed by atoms with Crippen molar-refractivity contribution in [2.45, 2.75) is 45.5 Å². The Morgan fingerprint density at radius 3 is 2.45 bits per heavy atom. The van der Waals surface area contributed by atoms with Crippen LogP contribution in [0.4, 0.5) is 17.6 Å². The van der Waals surface area contributed by atoms with Crippen LogP contribution in [-0.4, -0.2) is 15.0 Å². The van der Waals surface area contributed by atoms with E-state index in [0.29, 0.717) is 24.1 Å². The van der Waals surface area contributed by atoms with E-state index in [9.17, 15) is 26.0 Å². The first-order valence-electron chi connectivity index (χ1n) is 9.88. The minimum absolute atomic E-state index is 0.109. The Bertz CT molecular complexity index is 980. The van der Waals surface area contributed by atoms with E-state index in [4.69, 9.17) is 0 Å². The summed E-state index contributed by atoms with van der Waals surface area (Å²) in [6, 6.07) is 8.17. The molecule has 0 aromatic heterocycles. The van der Waals surface area contributed by atoms with Gasteiger partial charge in [0, 0.05) is 24.7 Å². The van der Waals surface area contributed by atoms with Crippen molar-refractivity contribution in [1.82, 2.24) is 10.0 Å². The van der Waals surface area contributed by atoms with Crippen molar-refractivity contribution < 1.29 is 26.0 Å². The number of nitrogens with one attached hydrogen (secondary N) is 2. The lowest BCUT2D eigenvalue weighted by molar-refractivity contribution is -0.137. The van der Waals surface area contributed by atoms with Gasteiger partial charge in [0.15, 0.2) is 0 Å². The Kier molecular flexibility index (Phi) is 9.21. The number of halogens is 4. The minimum atomic E-state index is -4.37. The van der Waals surface area contributed by atoms with E-state index in [2.05, 4.69) is 10.0 Å². The molecule has 2 aromatic rings. The van der Waals surface area contributed by atoms with E-state index in [1.165, 1.54) is 24.3 Å². The van der Waals surface area contributed by atoms with Gasteiger partial charge in [0.1, 0.15) is 5.82 Å². The maximum atomic E-state index is 14.1. The fourth-order valence-electron chi connectivity index (χ4n) is 3.11. The molecule has 0 aliphatic rings.